The number of hydrogen-bond donors (Lipinski definition) is 1. The van der Waals surface area contributed by atoms with Gasteiger partial charge in [0.15, 0.2) is 5.96 Å². The van der Waals surface area contributed by atoms with Crippen LogP contribution in [0.25, 0.3) is 0 Å². The zero-order chi connectivity index (χ0) is 16.8. The van der Waals surface area contributed by atoms with Gasteiger partial charge in [-0.3, -0.25) is 4.90 Å². The molecule has 0 spiro atoms. The van der Waals surface area contributed by atoms with E-state index in [0.29, 0.717) is 6.04 Å². The lowest BCUT2D eigenvalue weighted by Crippen LogP contribution is -2.46. The number of aryl methyl sites for hydroxylation is 1. The molecule has 0 aliphatic carbocycles. The SMILES string of the molecule is CCNC(=NCc1ccc(CC)s1)N1CCC(N2CCOCC2)C1.I. The van der Waals surface area contributed by atoms with Crippen LogP contribution in [0.4, 0.5) is 0 Å². The quantitative estimate of drug-likeness (QED) is 0.402. The Morgan fingerprint density at radius 1 is 1.24 bits per heavy atom. The average Bonchev–Trinajstić information content (AvgIpc) is 3.29. The zero-order valence-electron chi connectivity index (χ0n) is 15.4. The van der Waals surface area contributed by atoms with E-state index >= 15 is 0 Å². The molecule has 2 aliphatic heterocycles. The lowest BCUT2D eigenvalue weighted by molar-refractivity contribution is 0.0195. The number of morpholine rings is 1. The third-order valence-electron chi connectivity index (χ3n) is 4.81. The van der Waals surface area contributed by atoms with Gasteiger partial charge in [-0.1, -0.05) is 6.92 Å². The van der Waals surface area contributed by atoms with Crippen molar-refractivity contribution in [1.82, 2.24) is 15.1 Å². The number of likely N-dealkylation sites (tertiary alicyclic amines) is 1. The molecule has 1 aromatic heterocycles. The highest BCUT2D eigenvalue weighted by Gasteiger charge is 2.30. The second-order valence-electron chi connectivity index (χ2n) is 6.43. The van der Waals surface area contributed by atoms with Crippen LogP contribution < -0.4 is 5.32 Å². The fourth-order valence-electron chi connectivity index (χ4n) is 3.45. The minimum atomic E-state index is 0. The van der Waals surface area contributed by atoms with E-state index in [1.54, 1.807) is 0 Å². The standard InChI is InChI=1S/C18H30N4OS.HI/c1-3-16-5-6-17(24-16)13-20-18(19-4-2)22-8-7-15(14-22)21-9-11-23-12-10-21;/h5-6,15H,3-4,7-14H2,1-2H3,(H,19,20);1H. The highest BCUT2D eigenvalue weighted by atomic mass is 127. The Morgan fingerprint density at radius 2 is 2.00 bits per heavy atom. The molecule has 0 aromatic carbocycles. The maximum atomic E-state index is 5.48. The molecule has 3 rings (SSSR count). The van der Waals surface area contributed by atoms with Crippen LogP contribution in [0.3, 0.4) is 0 Å². The molecule has 1 unspecified atom stereocenters. The van der Waals surface area contributed by atoms with Crippen molar-refractivity contribution in [3.63, 3.8) is 0 Å². The number of aliphatic imine (C=N–C) groups is 1. The Morgan fingerprint density at radius 3 is 2.68 bits per heavy atom. The van der Waals surface area contributed by atoms with Gasteiger partial charge in [-0.25, -0.2) is 4.99 Å². The first-order chi connectivity index (χ1) is 11.8. The predicted molar refractivity (Wildman–Crippen MR) is 116 cm³/mol. The van der Waals surface area contributed by atoms with Crippen LogP contribution in [0.2, 0.25) is 0 Å². The minimum absolute atomic E-state index is 0. The molecule has 1 atom stereocenters. The van der Waals surface area contributed by atoms with Crippen LogP contribution in [0.1, 0.15) is 30.0 Å². The summed E-state index contributed by atoms with van der Waals surface area (Å²) in [6, 6.07) is 5.09. The van der Waals surface area contributed by atoms with Crippen LogP contribution in [0.5, 0.6) is 0 Å². The Hall–Kier alpha value is -0.380. The van der Waals surface area contributed by atoms with Crippen LogP contribution in [-0.2, 0) is 17.7 Å². The summed E-state index contributed by atoms with van der Waals surface area (Å²) in [5, 5.41) is 3.48. The fourth-order valence-corrected chi connectivity index (χ4v) is 4.33. The fraction of sp³-hybridized carbons (Fsp3) is 0.722. The molecule has 3 heterocycles. The van der Waals surface area contributed by atoms with E-state index in [4.69, 9.17) is 9.73 Å². The largest absolute Gasteiger partial charge is 0.379 e. The zero-order valence-corrected chi connectivity index (χ0v) is 18.5. The maximum absolute atomic E-state index is 5.48. The molecule has 142 valence electrons. The van der Waals surface area contributed by atoms with E-state index in [1.807, 2.05) is 11.3 Å². The molecule has 2 aliphatic rings. The summed E-state index contributed by atoms with van der Waals surface area (Å²) in [4.78, 5) is 12.7. The smallest absolute Gasteiger partial charge is 0.194 e. The van der Waals surface area contributed by atoms with Crippen LogP contribution in [0.15, 0.2) is 17.1 Å². The molecule has 0 saturated carbocycles. The molecule has 5 nitrogen and oxygen atoms in total. The average molecular weight is 478 g/mol. The van der Waals surface area contributed by atoms with Gasteiger partial charge in [0.2, 0.25) is 0 Å². The topological polar surface area (TPSA) is 40.1 Å². The monoisotopic (exact) mass is 478 g/mol. The van der Waals surface area contributed by atoms with Gasteiger partial charge in [0.25, 0.3) is 0 Å². The van der Waals surface area contributed by atoms with Crippen molar-refractivity contribution in [2.24, 2.45) is 4.99 Å². The highest BCUT2D eigenvalue weighted by molar-refractivity contribution is 14.0. The molecule has 0 bridgehead atoms. The summed E-state index contributed by atoms with van der Waals surface area (Å²) in [7, 11) is 0. The first-order valence-electron chi connectivity index (χ1n) is 9.22. The van der Waals surface area contributed by atoms with Crippen LogP contribution in [-0.4, -0.2) is 67.7 Å². The molecule has 2 fully saturated rings. The van der Waals surface area contributed by atoms with Crippen molar-refractivity contribution in [3.05, 3.63) is 21.9 Å². The van der Waals surface area contributed by atoms with Crippen molar-refractivity contribution in [1.29, 1.82) is 0 Å². The van der Waals surface area contributed by atoms with Crippen molar-refractivity contribution < 1.29 is 4.74 Å². The van der Waals surface area contributed by atoms with E-state index in [-0.39, 0.29) is 24.0 Å². The maximum Gasteiger partial charge on any atom is 0.194 e. The number of halogens is 1. The molecule has 1 aromatic rings. The van der Waals surface area contributed by atoms with Crippen molar-refractivity contribution in [2.75, 3.05) is 45.9 Å². The number of ether oxygens (including phenoxy) is 1. The normalized spacial score (nSPS) is 22.1. The van der Waals surface area contributed by atoms with Gasteiger partial charge >= 0.3 is 0 Å². The number of nitrogens with zero attached hydrogens (tertiary/aromatic N) is 3. The van der Waals surface area contributed by atoms with E-state index in [0.717, 1.165) is 64.9 Å². The van der Waals surface area contributed by atoms with E-state index in [9.17, 15) is 0 Å². The Labute approximate surface area is 172 Å². The number of hydrogen-bond acceptors (Lipinski definition) is 4. The van der Waals surface area contributed by atoms with Gasteiger partial charge < -0.3 is 15.0 Å². The van der Waals surface area contributed by atoms with Gasteiger partial charge in [0, 0.05) is 48.5 Å². The number of nitrogens with one attached hydrogen (secondary N) is 1. The third kappa shape index (κ3) is 5.80. The van der Waals surface area contributed by atoms with Gasteiger partial charge in [0.05, 0.1) is 19.8 Å². The minimum Gasteiger partial charge on any atom is -0.379 e. The Balaban J connectivity index is 0.00000225. The molecule has 7 heteroatoms. The van der Waals surface area contributed by atoms with E-state index in [2.05, 4.69) is 41.1 Å². The second kappa shape index (κ2) is 10.7. The van der Waals surface area contributed by atoms with Crippen LogP contribution >= 0.6 is 35.3 Å². The molecule has 0 radical (unpaired) electrons. The van der Waals surface area contributed by atoms with Gasteiger partial charge in [-0.15, -0.1) is 35.3 Å². The summed E-state index contributed by atoms with van der Waals surface area (Å²) < 4.78 is 5.48. The Kier molecular flexibility index (Phi) is 8.95. The van der Waals surface area contributed by atoms with Crippen LogP contribution in [0, 0.1) is 0 Å². The summed E-state index contributed by atoms with van der Waals surface area (Å²) in [6.07, 6.45) is 2.34. The molecular formula is C18H31IN4OS. The summed E-state index contributed by atoms with van der Waals surface area (Å²) in [6.45, 7) is 12.1. The number of guanidine groups is 1. The predicted octanol–water partition coefficient (Wildman–Crippen LogP) is 2.80. The summed E-state index contributed by atoms with van der Waals surface area (Å²) >= 11 is 1.88. The Bertz CT molecular complexity index is 545. The molecule has 25 heavy (non-hydrogen) atoms. The lowest BCUT2D eigenvalue weighted by atomic mass is 10.2. The third-order valence-corrected chi connectivity index (χ3v) is 6.02. The van der Waals surface area contributed by atoms with Crippen molar-refractivity contribution in [2.45, 2.75) is 39.3 Å². The van der Waals surface area contributed by atoms with Gasteiger partial charge in [-0.05, 0) is 31.9 Å². The number of rotatable bonds is 5. The molecule has 2 saturated heterocycles. The first-order valence-corrected chi connectivity index (χ1v) is 10.0. The van der Waals surface area contributed by atoms with E-state index in [1.165, 1.54) is 16.2 Å². The summed E-state index contributed by atoms with van der Waals surface area (Å²) in [5.41, 5.74) is 0. The summed E-state index contributed by atoms with van der Waals surface area (Å²) in [5.74, 6) is 1.07. The second-order valence-corrected chi connectivity index (χ2v) is 7.68. The highest BCUT2D eigenvalue weighted by Crippen LogP contribution is 2.19. The first kappa shape index (κ1) is 20.9. The van der Waals surface area contributed by atoms with E-state index < -0.39 is 0 Å². The lowest BCUT2D eigenvalue weighted by Gasteiger charge is -2.32. The van der Waals surface area contributed by atoms with Crippen molar-refractivity contribution in [3.8, 4) is 0 Å². The van der Waals surface area contributed by atoms with Gasteiger partial charge in [0.1, 0.15) is 0 Å². The molecule has 0 amide bonds. The number of thiophene rings is 1. The molecule has 1 N–H and O–H groups in total. The molecular weight excluding hydrogens is 447 g/mol. The van der Waals surface area contributed by atoms with Crippen molar-refractivity contribution >= 4 is 41.3 Å². The van der Waals surface area contributed by atoms with Gasteiger partial charge in [-0.2, -0.15) is 0 Å².